The lowest BCUT2D eigenvalue weighted by atomic mass is 9.83. The van der Waals surface area contributed by atoms with Gasteiger partial charge in [-0.3, -0.25) is 9.59 Å². The van der Waals surface area contributed by atoms with E-state index in [1.54, 1.807) is 23.1 Å². The first-order valence-electron chi connectivity index (χ1n) is 12.7. The average molecular weight is 610 g/mol. The Hall–Kier alpha value is -2.50. The van der Waals surface area contributed by atoms with Crippen molar-refractivity contribution in [3.8, 4) is 0 Å². The number of halogens is 8. The summed E-state index contributed by atoms with van der Waals surface area (Å²) in [5.41, 5.74) is -3.22. The molecule has 0 aromatic heterocycles. The Bertz CT molecular complexity index is 1230. The topological polar surface area (TPSA) is 52.7 Å². The maximum absolute atomic E-state index is 13.4. The van der Waals surface area contributed by atoms with Gasteiger partial charge in [0.05, 0.1) is 21.2 Å². The minimum absolute atomic E-state index is 0.0137. The number of hydrogen-bond donors (Lipinski definition) is 1. The average Bonchev–Trinajstić information content (AvgIpc) is 2.92. The monoisotopic (exact) mass is 609 g/mol. The summed E-state index contributed by atoms with van der Waals surface area (Å²) in [6, 6.07) is 5.05. The summed E-state index contributed by atoms with van der Waals surface area (Å²) >= 11 is 12.3. The number of likely N-dealkylation sites (tertiary alicyclic amines) is 1. The number of alkyl halides is 6. The molecule has 0 saturated carbocycles. The molecule has 2 aromatic rings. The van der Waals surface area contributed by atoms with Gasteiger partial charge in [0, 0.05) is 43.6 Å². The zero-order valence-electron chi connectivity index (χ0n) is 21.4. The van der Waals surface area contributed by atoms with Crippen LogP contribution in [0.15, 0.2) is 36.4 Å². The van der Waals surface area contributed by atoms with Gasteiger partial charge in [-0.1, -0.05) is 29.3 Å². The minimum Gasteiger partial charge on any atom is -0.342 e. The Balaban J connectivity index is 1.67. The maximum atomic E-state index is 13.4. The lowest BCUT2D eigenvalue weighted by molar-refractivity contribution is -0.143. The van der Waals surface area contributed by atoms with E-state index in [2.05, 4.69) is 5.32 Å². The van der Waals surface area contributed by atoms with Crippen LogP contribution in [0, 0.1) is 5.92 Å². The fourth-order valence-electron chi connectivity index (χ4n) is 5.43. The molecule has 13 heteroatoms. The molecule has 2 aliphatic heterocycles. The van der Waals surface area contributed by atoms with E-state index in [9.17, 15) is 35.9 Å². The summed E-state index contributed by atoms with van der Waals surface area (Å²) in [7, 11) is 1.34. The van der Waals surface area contributed by atoms with Crippen LogP contribution in [0.25, 0.3) is 0 Å². The number of benzene rings is 2. The molecule has 2 amide bonds. The van der Waals surface area contributed by atoms with Gasteiger partial charge in [0.25, 0.3) is 5.91 Å². The predicted molar refractivity (Wildman–Crippen MR) is 138 cm³/mol. The zero-order chi connectivity index (χ0) is 29.4. The highest BCUT2D eigenvalue weighted by molar-refractivity contribution is 6.42. The molecule has 0 radical (unpaired) electrons. The Kier molecular flexibility index (Phi) is 8.97. The SMILES string of the molecule is CN(C(=O)c1cc(C(F)(F)F)cc(C(F)(F)F)c1)[C@H]1CCN(C(=O)C2CCNCC2)C[C@@H]1c1ccc(Cl)c(Cl)c1. The van der Waals surface area contributed by atoms with Gasteiger partial charge >= 0.3 is 12.4 Å². The fraction of sp³-hybridized carbons (Fsp3) is 0.481. The number of carbonyl (C=O) groups excluding carboxylic acids is 2. The minimum atomic E-state index is -5.09. The first-order chi connectivity index (χ1) is 18.7. The Morgan fingerprint density at radius 1 is 0.900 bits per heavy atom. The summed E-state index contributed by atoms with van der Waals surface area (Å²) in [6.45, 7) is 1.91. The summed E-state index contributed by atoms with van der Waals surface area (Å²) in [5.74, 6) is -1.69. The van der Waals surface area contributed by atoms with E-state index in [1.807, 2.05) is 0 Å². The number of nitrogens with zero attached hydrogens (tertiary/aromatic N) is 2. The molecule has 1 N–H and O–H groups in total. The van der Waals surface area contributed by atoms with Crippen molar-refractivity contribution < 1.29 is 35.9 Å². The van der Waals surface area contributed by atoms with Crippen LogP contribution in [-0.4, -0.2) is 60.9 Å². The van der Waals surface area contributed by atoms with Crippen LogP contribution >= 0.6 is 23.2 Å². The molecular weight excluding hydrogens is 583 g/mol. The van der Waals surface area contributed by atoms with Gasteiger partial charge in [-0.25, -0.2) is 0 Å². The Morgan fingerprint density at radius 2 is 1.50 bits per heavy atom. The number of rotatable bonds is 4. The molecule has 2 saturated heterocycles. The molecule has 0 aliphatic carbocycles. The molecule has 5 nitrogen and oxygen atoms in total. The van der Waals surface area contributed by atoms with Crippen molar-refractivity contribution in [2.24, 2.45) is 5.92 Å². The molecule has 218 valence electrons. The maximum Gasteiger partial charge on any atom is 0.416 e. The van der Waals surface area contributed by atoms with Gasteiger partial charge in [0.15, 0.2) is 0 Å². The normalized spacial score (nSPS) is 20.9. The molecule has 0 spiro atoms. The first kappa shape index (κ1) is 30.5. The first-order valence-corrected chi connectivity index (χ1v) is 13.4. The lowest BCUT2D eigenvalue weighted by Crippen LogP contribution is -2.53. The van der Waals surface area contributed by atoms with Crippen LogP contribution in [0.5, 0.6) is 0 Å². The Morgan fingerprint density at radius 3 is 2.05 bits per heavy atom. The third-order valence-electron chi connectivity index (χ3n) is 7.60. The third kappa shape index (κ3) is 6.69. The molecule has 2 fully saturated rings. The molecule has 2 atom stereocenters. The zero-order valence-corrected chi connectivity index (χ0v) is 22.9. The largest absolute Gasteiger partial charge is 0.416 e. The summed E-state index contributed by atoms with van der Waals surface area (Å²) < 4.78 is 80.5. The molecule has 2 heterocycles. The number of nitrogens with one attached hydrogen (secondary N) is 1. The lowest BCUT2D eigenvalue weighted by Gasteiger charge is -2.44. The van der Waals surface area contributed by atoms with Gasteiger partial charge in [-0.05, 0) is 68.2 Å². The number of carbonyl (C=O) groups is 2. The van der Waals surface area contributed by atoms with Crippen molar-refractivity contribution in [1.29, 1.82) is 0 Å². The second kappa shape index (κ2) is 11.8. The van der Waals surface area contributed by atoms with E-state index in [0.29, 0.717) is 30.5 Å². The van der Waals surface area contributed by atoms with E-state index in [4.69, 9.17) is 23.2 Å². The van der Waals surface area contributed by atoms with Crippen LogP contribution in [0.2, 0.25) is 10.0 Å². The van der Waals surface area contributed by atoms with Gasteiger partial charge in [0.1, 0.15) is 0 Å². The fourth-order valence-corrected chi connectivity index (χ4v) is 5.74. The number of piperidine rings is 2. The van der Waals surface area contributed by atoms with Crippen molar-refractivity contribution >= 4 is 35.0 Å². The molecule has 40 heavy (non-hydrogen) atoms. The third-order valence-corrected chi connectivity index (χ3v) is 8.34. The van der Waals surface area contributed by atoms with Crippen molar-refractivity contribution in [1.82, 2.24) is 15.1 Å². The summed E-state index contributed by atoms with van der Waals surface area (Å²) in [4.78, 5) is 29.6. The van der Waals surface area contributed by atoms with Crippen molar-refractivity contribution in [2.75, 3.05) is 33.2 Å². The van der Waals surface area contributed by atoms with Gasteiger partial charge in [0.2, 0.25) is 5.91 Å². The highest BCUT2D eigenvalue weighted by Gasteiger charge is 2.41. The highest BCUT2D eigenvalue weighted by atomic mass is 35.5. The van der Waals surface area contributed by atoms with Crippen molar-refractivity contribution in [3.05, 3.63) is 68.7 Å². The summed E-state index contributed by atoms with van der Waals surface area (Å²) in [5, 5.41) is 3.74. The van der Waals surface area contributed by atoms with Gasteiger partial charge < -0.3 is 15.1 Å². The molecule has 4 rings (SSSR count). The van der Waals surface area contributed by atoms with Crippen LogP contribution in [0.4, 0.5) is 26.3 Å². The second-order valence-corrected chi connectivity index (χ2v) is 11.0. The molecule has 2 aromatic carbocycles. The summed E-state index contributed by atoms with van der Waals surface area (Å²) in [6.07, 6.45) is -8.54. The van der Waals surface area contributed by atoms with E-state index in [0.717, 1.165) is 18.0 Å². The smallest absolute Gasteiger partial charge is 0.342 e. The van der Waals surface area contributed by atoms with Gasteiger partial charge in [-0.15, -0.1) is 0 Å². The standard InChI is InChI=1S/C27H27Cl2F6N3O2/c1-37(24(39)17-10-18(26(30,31)32)13-19(11-17)27(33,34)35)23-6-9-38(25(40)15-4-7-36-8-5-15)14-20(23)16-2-3-21(28)22(29)12-16/h2-3,10-13,15,20,23,36H,4-9,14H2,1H3/t20-,23+/m1/s1. The van der Waals surface area contributed by atoms with Gasteiger partial charge in [-0.2, -0.15) is 26.3 Å². The highest BCUT2D eigenvalue weighted by Crippen LogP contribution is 2.38. The van der Waals surface area contributed by atoms with Crippen LogP contribution in [-0.2, 0) is 17.1 Å². The predicted octanol–water partition coefficient (Wildman–Crippen LogP) is 6.49. The van der Waals surface area contributed by atoms with E-state index >= 15 is 0 Å². The molecule has 2 aliphatic rings. The van der Waals surface area contributed by atoms with E-state index < -0.39 is 46.9 Å². The van der Waals surface area contributed by atoms with Crippen molar-refractivity contribution in [3.63, 3.8) is 0 Å². The Labute approximate surface area is 237 Å². The number of likely N-dealkylation sites (N-methyl/N-ethyl adjacent to an activating group) is 1. The van der Waals surface area contributed by atoms with E-state index in [1.165, 1.54) is 7.05 Å². The second-order valence-electron chi connectivity index (χ2n) is 10.2. The molecular formula is C27H27Cl2F6N3O2. The number of hydrogen-bond acceptors (Lipinski definition) is 3. The van der Waals surface area contributed by atoms with Crippen LogP contribution in [0.1, 0.15) is 52.2 Å². The van der Waals surface area contributed by atoms with E-state index in [-0.39, 0.29) is 47.4 Å². The number of amides is 2. The van der Waals surface area contributed by atoms with Crippen LogP contribution < -0.4 is 5.32 Å². The quantitative estimate of drug-likeness (QED) is 0.403. The van der Waals surface area contributed by atoms with Crippen LogP contribution in [0.3, 0.4) is 0 Å². The molecule has 0 unspecified atom stereocenters. The van der Waals surface area contributed by atoms with Crippen molar-refractivity contribution in [2.45, 2.75) is 43.6 Å². The molecule has 0 bridgehead atoms.